The molecule has 1 aromatic heterocycles. The molecule has 0 unspecified atom stereocenters. The maximum atomic E-state index is 9.82. The number of pyridine rings is 1. The molecule has 0 saturated heterocycles. The zero-order chi connectivity index (χ0) is 13.8. The summed E-state index contributed by atoms with van der Waals surface area (Å²) in [6, 6.07) is 14.0. The van der Waals surface area contributed by atoms with Crippen LogP contribution >= 0.6 is 0 Å². The highest BCUT2D eigenvalue weighted by Gasteiger charge is 2.11. The first-order valence-corrected chi connectivity index (χ1v) is 6.48. The van der Waals surface area contributed by atoms with Gasteiger partial charge in [-0.05, 0) is 32.0 Å². The number of rotatable bonds is 4. The van der Waals surface area contributed by atoms with Gasteiger partial charge in [0.25, 0.3) is 0 Å². The van der Waals surface area contributed by atoms with E-state index in [1.807, 2.05) is 56.4 Å². The number of aryl methyl sites for hydroxylation is 1. The molecule has 100 valence electrons. The third kappa shape index (κ3) is 3.32. The van der Waals surface area contributed by atoms with Crippen LogP contribution in [0.3, 0.4) is 0 Å². The zero-order valence-electron chi connectivity index (χ0n) is 11.7. The third-order valence-corrected chi connectivity index (χ3v) is 3.14. The molecule has 2 aromatic rings. The SMILES string of the molecule is Cc1cccc(CN(C)c2ccccc2[C@@H](C)O)n1. The number of nitrogens with zero attached hydrogens (tertiary/aromatic N) is 2. The highest BCUT2D eigenvalue weighted by molar-refractivity contribution is 5.54. The van der Waals surface area contributed by atoms with Crippen LogP contribution in [-0.2, 0) is 6.54 Å². The highest BCUT2D eigenvalue weighted by Crippen LogP contribution is 2.26. The smallest absolute Gasteiger partial charge is 0.0781 e. The Morgan fingerprint density at radius 1 is 1.16 bits per heavy atom. The zero-order valence-corrected chi connectivity index (χ0v) is 11.7. The second-order valence-corrected chi connectivity index (χ2v) is 4.86. The summed E-state index contributed by atoms with van der Waals surface area (Å²) in [4.78, 5) is 6.62. The summed E-state index contributed by atoms with van der Waals surface area (Å²) in [7, 11) is 2.02. The maximum Gasteiger partial charge on any atom is 0.0781 e. The summed E-state index contributed by atoms with van der Waals surface area (Å²) < 4.78 is 0. The van der Waals surface area contributed by atoms with Crippen molar-refractivity contribution in [1.82, 2.24) is 4.98 Å². The Morgan fingerprint density at radius 3 is 2.58 bits per heavy atom. The van der Waals surface area contributed by atoms with Gasteiger partial charge in [0.05, 0.1) is 18.3 Å². The third-order valence-electron chi connectivity index (χ3n) is 3.14. The largest absolute Gasteiger partial charge is 0.389 e. The molecule has 0 fully saturated rings. The number of hydrogen-bond donors (Lipinski definition) is 1. The van der Waals surface area contributed by atoms with Crippen molar-refractivity contribution >= 4 is 5.69 Å². The molecule has 0 spiro atoms. The minimum absolute atomic E-state index is 0.468. The molecule has 0 radical (unpaired) electrons. The van der Waals surface area contributed by atoms with Crippen LogP contribution in [0.2, 0.25) is 0 Å². The van der Waals surface area contributed by atoms with Crippen LogP contribution in [-0.4, -0.2) is 17.1 Å². The topological polar surface area (TPSA) is 36.4 Å². The molecule has 1 heterocycles. The minimum atomic E-state index is -0.468. The summed E-state index contributed by atoms with van der Waals surface area (Å²) in [6.07, 6.45) is -0.468. The number of para-hydroxylation sites is 1. The molecular formula is C16H20N2O. The normalized spacial score (nSPS) is 12.2. The van der Waals surface area contributed by atoms with Gasteiger partial charge in [-0.3, -0.25) is 4.98 Å². The first-order valence-electron chi connectivity index (χ1n) is 6.48. The lowest BCUT2D eigenvalue weighted by Crippen LogP contribution is -2.19. The number of aliphatic hydroxyl groups is 1. The van der Waals surface area contributed by atoms with E-state index in [9.17, 15) is 5.11 Å². The van der Waals surface area contributed by atoms with Crippen molar-refractivity contribution in [2.75, 3.05) is 11.9 Å². The molecular weight excluding hydrogens is 236 g/mol. The second kappa shape index (κ2) is 5.85. The molecule has 1 N–H and O–H groups in total. The Bertz CT molecular complexity index is 552. The first-order chi connectivity index (χ1) is 9.08. The fraction of sp³-hybridized carbons (Fsp3) is 0.312. The highest BCUT2D eigenvalue weighted by atomic mass is 16.3. The number of aliphatic hydroxyl groups excluding tert-OH is 1. The molecule has 1 atom stereocenters. The number of aromatic nitrogens is 1. The summed E-state index contributed by atoms with van der Waals surface area (Å²) >= 11 is 0. The molecule has 0 saturated carbocycles. The van der Waals surface area contributed by atoms with Gasteiger partial charge in [-0.15, -0.1) is 0 Å². The van der Waals surface area contributed by atoms with Crippen LogP contribution in [0.25, 0.3) is 0 Å². The number of benzene rings is 1. The van der Waals surface area contributed by atoms with Gasteiger partial charge >= 0.3 is 0 Å². The van der Waals surface area contributed by atoms with E-state index < -0.39 is 6.10 Å². The van der Waals surface area contributed by atoms with Gasteiger partial charge in [0.2, 0.25) is 0 Å². The van der Waals surface area contributed by atoms with E-state index in [0.717, 1.165) is 29.2 Å². The van der Waals surface area contributed by atoms with Crippen molar-refractivity contribution in [1.29, 1.82) is 0 Å². The Morgan fingerprint density at radius 2 is 1.89 bits per heavy atom. The van der Waals surface area contributed by atoms with Crippen LogP contribution in [0, 0.1) is 6.92 Å². The van der Waals surface area contributed by atoms with Crippen molar-refractivity contribution in [3.63, 3.8) is 0 Å². The van der Waals surface area contributed by atoms with Crippen molar-refractivity contribution in [3.05, 3.63) is 59.4 Å². The Labute approximate surface area is 114 Å². The van der Waals surface area contributed by atoms with Crippen LogP contribution in [0.5, 0.6) is 0 Å². The Balaban J connectivity index is 2.23. The molecule has 3 heteroatoms. The van der Waals surface area contributed by atoms with Crippen LogP contribution in [0.1, 0.15) is 30.0 Å². The lowest BCUT2D eigenvalue weighted by atomic mass is 10.1. The van der Waals surface area contributed by atoms with E-state index in [0.29, 0.717) is 0 Å². The quantitative estimate of drug-likeness (QED) is 0.913. The van der Waals surface area contributed by atoms with Crippen LogP contribution in [0.4, 0.5) is 5.69 Å². The van der Waals surface area contributed by atoms with E-state index in [4.69, 9.17) is 0 Å². The lowest BCUT2D eigenvalue weighted by molar-refractivity contribution is 0.199. The molecule has 19 heavy (non-hydrogen) atoms. The molecule has 2 rings (SSSR count). The second-order valence-electron chi connectivity index (χ2n) is 4.86. The van der Waals surface area contributed by atoms with Crippen molar-refractivity contribution in [2.45, 2.75) is 26.5 Å². The molecule has 0 amide bonds. The summed E-state index contributed by atoms with van der Waals surface area (Å²) in [5.74, 6) is 0. The average Bonchev–Trinajstić information content (AvgIpc) is 2.38. The Kier molecular flexibility index (Phi) is 4.17. The molecule has 0 aliphatic heterocycles. The molecule has 1 aromatic carbocycles. The predicted molar refractivity (Wildman–Crippen MR) is 78.2 cm³/mol. The standard InChI is InChI=1S/C16H20N2O/c1-12-7-6-8-14(17-12)11-18(3)16-10-5-4-9-15(16)13(2)19/h4-10,13,19H,11H2,1-3H3/t13-/m1/s1. The van der Waals surface area contributed by atoms with E-state index in [1.54, 1.807) is 6.92 Å². The lowest BCUT2D eigenvalue weighted by Gasteiger charge is -2.23. The average molecular weight is 256 g/mol. The van der Waals surface area contributed by atoms with Crippen LogP contribution < -0.4 is 4.90 Å². The fourth-order valence-corrected chi connectivity index (χ4v) is 2.20. The summed E-state index contributed by atoms with van der Waals surface area (Å²) in [5, 5.41) is 9.82. The number of hydrogen-bond acceptors (Lipinski definition) is 3. The maximum absolute atomic E-state index is 9.82. The van der Waals surface area contributed by atoms with Gasteiger partial charge in [-0.25, -0.2) is 0 Å². The summed E-state index contributed by atoms with van der Waals surface area (Å²) in [5.41, 5.74) is 4.04. The van der Waals surface area contributed by atoms with Crippen LogP contribution in [0.15, 0.2) is 42.5 Å². The van der Waals surface area contributed by atoms with E-state index >= 15 is 0 Å². The van der Waals surface area contributed by atoms with Crippen molar-refractivity contribution in [3.8, 4) is 0 Å². The van der Waals surface area contributed by atoms with Gasteiger partial charge in [0.1, 0.15) is 0 Å². The van der Waals surface area contributed by atoms with Gasteiger partial charge in [0, 0.05) is 24.0 Å². The number of anilines is 1. The van der Waals surface area contributed by atoms with E-state index in [1.165, 1.54) is 0 Å². The van der Waals surface area contributed by atoms with Gasteiger partial charge in [-0.2, -0.15) is 0 Å². The van der Waals surface area contributed by atoms with Gasteiger partial charge < -0.3 is 10.0 Å². The van der Waals surface area contributed by atoms with E-state index in [2.05, 4.69) is 9.88 Å². The van der Waals surface area contributed by atoms with Gasteiger partial charge in [-0.1, -0.05) is 24.3 Å². The minimum Gasteiger partial charge on any atom is -0.389 e. The first kappa shape index (κ1) is 13.6. The monoisotopic (exact) mass is 256 g/mol. The summed E-state index contributed by atoms with van der Waals surface area (Å²) in [6.45, 7) is 4.51. The molecule has 0 aliphatic carbocycles. The van der Waals surface area contributed by atoms with Gasteiger partial charge in [0.15, 0.2) is 0 Å². The van der Waals surface area contributed by atoms with Crippen molar-refractivity contribution in [2.24, 2.45) is 0 Å². The molecule has 0 bridgehead atoms. The van der Waals surface area contributed by atoms with E-state index in [-0.39, 0.29) is 0 Å². The predicted octanol–water partition coefficient (Wildman–Crippen LogP) is 3.08. The fourth-order valence-electron chi connectivity index (χ4n) is 2.20. The molecule has 3 nitrogen and oxygen atoms in total. The Hall–Kier alpha value is -1.87. The van der Waals surface area contributed by atoms with Crippen molar-refractivity contribution < 1.29 is 5.11 Å². The molecule has 0 aliphatic rings.